The zero-order valence-electron chi connectivity index (χ0n) is 16.6. The average molecular weight is 341 g/mol. The molecular formula is C24H36O. The van der Waals surface area contributed by atoms with E-state index < -0.39 is 0 Å². The first-order chi connectivity index (χ1) is 12.2. The van der Waals surface area contributed by atoms with Crippen molar-refractivity contribution < 1.29 is 4.74 Å². The summed E-state index contributed by atoms with van der Waals surface area (Å²) in [6, 6.07) is 9.21. The second-order valence-corrected chi connectivity index (χ2v) is 8.12. The molecule has 0 aliphatic heterocycles. The van der Waals surface area contributed by atoms with Gasteiger partial charge in [-0.05, 0) is 69.4 Å². The first kappa shape index (κ1) is 18.7. The van der Waals surface area contributed by atoms with Gasteiger partial charge in [-0.15, -0.1) is 0 Å². The molecule has 1 saturated carbocycles. The molecule has 2 aliphatic carbocycles. The molecule has 0 saturated heterocycles. The molecule has 1 heteroatoms. The van der Waals surface area contributed by atoms with E-state index in [1.165, 1.54) is 75.3 Å². The smallest absolute Gasteiger partial charge is 0.0967 e. The molecule has 0 unspecified atom stereocenters. The predicted octanol–water partition coefficient (Wildman–Crippen LogP) is 7.09. The zero-order valence-corrected chi connectivity index (χ0v) is 16.6. The standard InChI is InChI=1S/C24H36O/c1-4-6-7-8-9-11-21-18-22-12-10-17-24(22,25-5-2)23(21)20-15-13-19(3)14-16-20/h13-16,22H,4-12,17-18H2,1-3H3/t22-,24+/m1/s1. The highest BCUT2D eigenvalue weighted by atomic mass is 16.5. The largest absolute Gasteiger partial charge is 0.370 e. The number of aryl methyl sites for hydroxylation is 1. The van der Waals surface area contributed by atoms with Crippen LogP contribution in [-0.2, 0) is 4.74 Å². The molecule has 2 atom stereocenters. The number of ether oxygens (including phenoxy) is 1. The molecule has 0 radical (unpaired) electrons. The van der Waals surface area contributed by atoms with Crippen molar-refractivity contribution in [1.29, 1.82) is 0 Å². The quantitative estimate of drug-likeness (QED) is 0.436. The maximum atomic E-state index is 6.53. The Hall–Kier alpha value is -1.08. The number of fused-ring (bicyclic) bond motifs is 1. The Morgan fingerprint density at radius 3 is 2.52 bits per heavy atom. The maximum Gasteiger partial charge on any atom is 0.0967 e. The summed E-state index contributed by atoms with van der Waals surface area (Å²) >= 11 is 0. The molecule has 0 aromatic heterocycles. The van der Waals surface area contributed by atoms with Gasteiger partial charge in [-0.2, -0.15) is 0 Å². The summed E-state index contributed by atoms with van der Waals surface area (Å²) in [7, 11) is 0. The molecule has 0 bridgehead atoms. The molecule has 2 aliphatic rings. The summed E-state index contributed by atoms with van der Waals surface area (Å²) in [4.78, 5) is 0. The highest BCUT2D eigenvalue weighted by Crippen LogP contribution is 2.57. The van der Waals surface area contributed by atoms with Crippen molar-refractivity contribution in [3.63, 3.8) is 0 Å². The van der Waals surface area contributed by atoms with Gasteiger partial charge < -0.3 is 4.74 Å². The lowest BCUT2D eigenvalue weighted by molar-refractivity contribution is -0.0132. The molecule has 3 rings (SSSR count). The monoisotopic (exact) mass is 340 g/mol. The Labute approximate surface area is 154 Å². The molecule has 0 amide bonds. The van der Waals surface area contributed by atoms with Crippen LogP contribution in [0.1, 0.15) is 89.2 Å². The number of unbranched alkanes of at least 4 members (excludes halogenated alkanes) is 4. The number of hydrogen-bond donors (Lipinski definition) is 0. The van der Waals surface area contributed by atoms with Crippen molar-refractivity contribution in [2.24, 2.45) is 5.92 Å². The van der Waals surface area contributed by atoms with Crippen molar-refractivity contribution in [3.05, 3.63) is 41.0 Å². The van der Waals surface area contributed by atoms with Crippen LogP contribution in [0.15, 0.2) is 29.8 Å². The van der Waals surface area contributed by atoms with Crippen LogP contribution in [0.5, 0.6) is 0 Å². The molecule has 1 aromatic rings. The van der Waals surface area contributed by atoms with Crippen LogP contribution >= 0.6 is 0 Å². The van der Waals surface area contributed by atoms with Crippen molar-refractivity contribution in [1.82, 2.24) is 0 Å². The van der Waals surface area contributed by atoms with E-state index in [-0.39, 0.29) is 5.60 Å². The zero-order chi connectivity index (χ0) is 17.7. The summed E-state index contributed by atoms with van der Waals surface area (Å²) in [6.07, 6.45) is 13.3. The minimum absolute atomic E-state index is 0.0166. The second kappa shape index (κ2) is 8.54. The minimum atomic E-state index is 0.0166. The fourth-order valence-electron chi connectivity index (χ4n) is 5.20. The highest BCUT2D eigenvalue weighted by Gasteiger charge is 2.52. The molecule has 1 aromatic carbocycles. The van der Waals surface area contributed by atoms with E-state index in [2.05, 4.69) is 45.0 Å². The summed E-state index contributed by atoms with van der Waals surface area (Å²) in [5.41, 5.74) is 6.07. The molecule has 1 fully saturated rings. The van der Waals surface area contributed by atoms with Gasteiger partial charge in [-0.25, -0.2) is 0 Å². The molecule has 138 valence electrons. The fourth-order valence-corrected chi connectivity index (χ4v) is 5.20. The number of hydrogen-bond acceptors (Lipinski definition) is 1. The summed E-state index contributed by atoms with van der Waals surface area (Å²) in [5.74, 6) is 0.717. The van der Waals surface area contributed by atoms with Gasteiger partial charge in [0.2, 0.25) is 0 Å². The third-order valence-corrected chi connectivity index (χ3v) is 6.35. The fraction of sp³-hybridized carbons (Fsp3) is 0.667. The van der Waals surface area contributed by atoms with Crippen LogP contribution in [0.2, 0.25) is 0 Å². The summed E-state index contributed by atoms with van der Waals surface area (Å²) < 4.78 is 6.53. The predicted molar refractivity (Wildman–Crippen MR) is 108 cm³/mol. The van der Waals surface area contributed by atoms with Crippen molar-refractivity contribution in [3.8, 4) is 0 Å². The first-order valence-electron chi connectivity index (χ1n) is 10.6. The van der Waals surface area contributed by atoms with Crippen molar-refractivity contribution in [2.45, 2.75) is 90.6 Å². The maximum absolute atomic E-state index is 6.53. The van der Waals surface area contributed by atoms with E-state index in [0.29, 0.717) is 0 Å². The van der Waals surface area contributed by atoms with Crippen LogP contribution in [0.25, 0.3) is 5.57 Å². The first-order valence-corrected chi connectivity index (χ1v) is 10.6. The van der Waals surface area contributed by atoms with Gasteiger partial charge in [0.15, 0.2) is 0 Å². The van der Waals surface area contributed by atoms with Gasteiger partial charge in [0.25, 0.3) is 0 Å². The van der Waals surface area contributed by atoms with Crippen molar-refractivity contribution >= 4 is 5.57 Å². The lowest BCUT2D eigenvalue weighted by Gasteiger charge is -2.33. The highest BCUT2D eigenvalue weighted by molar-refractivity contribution is 5.78. The Bertz CT molecular complexity index is 583. The summed E-state index contributed by atoms with van der Waals surface area (Å²) in [6.45, 7) is 7.47. The third-order valence-electron chi connectivity index (χ3n) is 6.35. The molecule has 0 heterocycles. The third kappa shape index (κ3) is 3.87. The lowest BCUT2D eigenvalue weighted by atomic mass is 9.84. The SMILES string of the molecule is CCCCCCCC1=C(c2ccc(C)cc2)[C@]2(OCC)CCC[C@@H]2C1. The van der Waals surface area contributed by atoms with E-state index in [1.807, 2.05) is 0 Å². The Morgan fingerprint density at radius 1 is 1.04 bits per heavy atom. The number of allylic oxidation sites excluding steroid dienone is 1. The van der Waals surface area contributed by atoms with Crippen LogP contribution < -0.4 is 0 Å². The van der Waals surface area contributed by atoms with E-state index in [4.69, 9.17) is 4.74 Å². The van der Waals surface area contributed by atoms with Crippen LogP contribution in [0.3, 0.4) is 0 Å². The van der Waals surface area contributed by atoms with E-state index in [9.17, 15) is 0 Å². The topological polar surface area (TPSA) is 9.23 Å². The van der Waals surface area contributed by atoms with Crippen LogP contribution in [0.4, 0.5) is 0 Å². The minimum Gasteiger partial charge on any atom is -0.370 e. The Kier molecular flexibility index (Phi) is 6.39. The van der Waals surface area contributed by atoms with E-state index in [0.717, 1.165) is 12.5 Å². The second-order valence-electron chi connectivity index (χ2n) is 8.12. The molecule has 1 nitrogen and oxygen atoms in total. The van der Waals surface area contributed by atoms with Crippen molar-refractivity contribution in [2.75, 3.05) is 6.61 Å². The van der Waals surface area contributed by atoms with Crippen LogP contribution in [-0.4, -0.2) is 12.2 Å². The van der Waals surface area contributed by atoms with Gasteiger partial charge in [0.05, 0.1) is 5.60 Å². The lowest BCUT2D eigenvalue weighted by Crippen LogP contribution is -2.34. The van der Waals surface area contributed by atoms with Crippen LogP contribution in [0, 0.1) is 12.8 Å². The van der Waals surface area contributed by atoms with E-state index in [1.54, 1.807) is 11.1 Å². The molecular weight excluding hydrogens is 304 g/mol. The number of benzene rings is 1. The molecule has 0 spiro atoms. The Balaban J connectivity index is 1.87. The van der Waals surface area contributed by atoms with Gasteiger partial charge >= 0.3 is 0 Å². The summed E-state index contributed by atoms with van der Waals surface area (Å²) in [5, 5.41) is 0. The molecule has 0 N–H and O–H groups in total. The van der Waals surface area contributed by atoms with Gasteiger partial charge in [-0.1, -0.05) is 68.0 Å². The average Bonchev–Trinajstić information content (AvgIpc) is 3.11. The Morgan fingerprint density at radius 2 is 1.80 bits per heavy atom. The normalized spacial score (nSPS) is 25.6. The van der Waals surface area contributed by atoms with Gasteiger partial charge in [0, 0.05) is 6.61 Å². The van der Waals surface area contributed by atoms with E-state index >= 15 is 0 Å². The number of rotatable bonds is 9. The van der Waals surface area contributed by atoms with Gasteiger partial charge in [-0.3, -0.25) is 0 Å². The molecule has 25 heavy (non-hydrogen) atoms. The van der Waals surface area contributed by atoms with Gasteiger partial charge in [0.1, 0.15) is 0 Å².